The SMILES string of the molecule is Cc1cccc2c1sc1c(Nc3ccc(C4CCCCC4)cc3)cccc12. The fraction of sp³-hybridized carbons (Fsp3) is 0.280. The van der Waals surface area contributed by atoms with Crippen molar-refractivity contribution in [2.75, 3.05) is 5.32 Å². The van der Waals surface area contributed by atoms with Gasteiger partial charge in [0.15, 0.2) is 0 Å². The highest BCUT2D eigenvalue weighted by atomic mass is 32.1. The van der Waals surface area contributed by atoms with Crippen LogP contribution in [0.3, 0.4) is 0 Å². The molecule has 1 aromatic heterocycles. The topological polar surface area (TPSA) is 12.0 Å². The normalized spacial score (nSPS) is 15.4. The van der Waals surface area contributed by atoms with E-state index >= 15 is 0 Å². The lowest BCUT2D eigenvalue weighted by Crippen LogP contribution is -2.04. The number of hydrogen-bond donors (Lipinski definition) is 1. The number of anilines is 2. The van der Waals surface area contributed by atoms with Crippen molar-refractivity contribution in [2.45, 2.75) is 44.9 Å². The van der Waals surface area contributed by atoms with Crippen molar-refractivity contribution >= 4 is 42.9 Å². The zero-order valence-electron chi connectivity index (χ0n) is 15.8. The monoisotopic (exact) mass is 371 g/mol. The largest absolute Gasteiger partial charge is 0.354 e. The van der Waals surface area contributed by atoms with Gasteiger partial charge in [-0.3, -0.25) is 0 Å². The van der Waals surface area contributed by atoms with Crippen LogP contribution in [0.15, 0.2) is 60.7 Å². The van der Waals surface area contributed by atoms with Crippen LogP contribution in [0.5, 0.6) is 0 Å². The molecule has 0 atom stereocenters. The molecule has 27 heavy (non-hydrogen) atoms. The van der Waals surface area contributed by atoms with E-state index in [0.717, 1.165) is 5.92 Å². The van der Waals surface area contributed by atoms with E-state index in [0.29, 0.717) is 0 Å². The second-order valence-corrected chi connectivity index (χ2v) is 8.84. The minimum Gasteiger partial charge on any atom is -0.354 e. The minimum absolute atomic E-state index is 0.766. The standard InChI is InChI=1S/C25H25NS/c1-17-7-5-10-21-22-11-6-12-23(25(22)27-24(17)21)26-20-15-13-19(14-16-20)18-8-3-2-4-9-18/h5-7,10-16,18,26H,2-4,8-9H2,1H3. The molecule has 1 nitrogen and oxygen atoms in total. The van der Waals surface area contributed by atoms with Gasteiger partial charge in [0.25, 0.3) is 0 Å². The number of aryl methyl sites for hydroxylation is 1. The van der Waals surface area contributed by atoms with Gasteiger partial charge in [-0.05, 0) is 55.0 Å². The highest BCUT2D eigenvalue weighted by Gasteiger charge is 2.15. The summed E-state index contributed by atoms with van der Waals surface area (Å²) in [6.45, 7) is 2.20. The second kappa shape index (κ2) is 7.01. The van der Waals surface area contributed by atoms with Crippen LogP contribution in [-0.2, 0) is 0 Å². The summed E-state index contributed by atoms with van der Waals surface area (Å²) in [7, 11) is 0. The molecule has 0 amide bonds. The maximum Gasteiger partial charge on any atom is 0.0590 e. The van der Waals surface area contributed by atoms with E-state index in [9.17, 15) is 0 Å². The van der Waals surface area contributed by atoms with E-state index in [1.807, 2.05) is 11.3 Å². The second-order valence-electron chi connectivity index (χ2n) is 7.82. The van der Waals surface area contributed by atoms with Gasteiger partial charge in [-0.15, -0.1) is 11.3 Å². The molecule has 1 saturated carbocycles. The van der Waals surface area contributed by atoms with E-state index in [2.05, 4.69) is 72.9 Å². The third kappa shape index (κ3) is 3.12. The van der Waals surface area contributed by atoms with Crippen molar-refractivity contribution < 1.29 is 0 Å². The molecule has 0 radical (unpaired) electrons. The average Bonchev–Trinajstić information content (AvgIpc) is 3.11. The molecule has 1 N–H and O–H groups in total. The highest BCUT2D eigenvalue weighted by Crippen LogP contribution is 2.40. The van der Waals surface area contributed by atoms with Crippen molar-refractivity contribution in [1.82, 2.24) is 0 Å². The maximum atomic E-state index is 3.67. The summed E-state index contributed by atoms with van der Waals surface area (Å²) in [5.74, 6) is 0.766. The van der Waals surface area contributed by atoms with Gasteiger partial charge < -0.3 is 5.32 Å². The summed E-state index contributed by atoms with van der Waals surface area (Å²) in [6, 6.07) is 22.4. The van der Waals surface area contributed by atoms with Crippen LogP contribution in [-0.4, -0.2) is 0 Å². The van der Waals surface area contributed by atoms with Crippen molar-refractivity contribution in [2.24, 2.45) is 0 Å². The molecule has 0 aliphatic heterocycles. The Morgan fingerprint density at radius 1 is 0.778 bits per heavy atom. The first-order valence-corrected chi connectivity index (χ1v) is 10.9. The molecule has 1 aliphatic rings. The van der Waals surface area contributed by atoms with Gasteiger partial charge in [0.2, 0.25) is 0 Å². The number of fused-ring (bicyclic) bond motifs is 3. The molecule has 0 saturated heterocycles. The van der Waals surface area contributed by atoms with E-state index in [1.165, 1.54) is 74.8 Å². The Kier molecular flexibility index (Phi) is 4.37. The number of hydrogen-bond acceptors (Lipinski definition) is 2. The summed E-state index contributed by atoms with van der Waals surface area (Å²) < 4.78 is 2.74. The highest BCUT2D eigenvalue weighted by molar-refractivity contribution is 7.26. The van der Waals surface area contributed by atoms with Crippen LogP contribution >= 0.6 is 11.3 Å². The summed E-state index contributed by atoms with van der Waals surface area (Å²) in [5, 5.41) is 6.38. The van der Waals surface area contributed by atoms with Crippen molar-refractivity contribution in [3.05, 3.63) is 71.8 Å². The van der Waals surface area contributed by atoms with E-state index < -0.39 is 0 Å². The van der Waals surface area contributed by atoms with Gasteiger partial charge in [-0.1, -0.05) is 61.7 Å². The zero-order chi connectivity index (χ0) is 18.2. The van der Waals surface area contributed by atoms with Gasteiger partial charge in [0.05, 0.1) is 10.4 Å². The molecule has 1 aliphatic carbocycles. The lowest BCUT2D eigenvalue weighted by molar-refractivity contribution is 0.443. The summed E-state index contributed by atoms with van der Waals surface area (Å²) in [5.41, 5.74) is 5.25. The molecule has 0 spiro atoms. The molecule has 4 aromatic rings. The lowest BCUT2D eigenvalue weighted by Gasteiger charge is -2.22. The Morgan fingerprint density at radius 3 is 2.26 bits per heavy atom. The quantitative estimate of drug-likeness (QED) is 0.383. The van der Waals surface area contributed by atoms with Crippen LogP contribution in [0.25, 0.3) is 20.2 Å². The summed E-state index contributed by atoms with van der Waals surface area (Å²) in [6.07, 6.45) is 6.89. The Labute approximate surface area is 165 Å². The third-order valence-electron chi connectivity index (χ3n) is 5.99. The number of thiophene rings is 1. The third-order valence-corrected chi connectivity index (χ3v) is 7.38. The molecule has 136 valence electrons. The van der Waals surface area contributed by atoms with Crippen LogP contribution in [0.1, 0.15) is 49.1 Å². The van der Waals surface area contributed by atoms with E-state index in [1.54, 1.807) is 0 Å². The van der Waals surface area contributed by atoms with Crippen molar-refractivity contribution in [3.8, 4) is 0 Å². The maximum absolute atomic E-state index is 3.67. The molecule has 0 unspecified atom stereocenters. The fourth-order valence-corrected chi connectivity index (χ4v) is 5.73. The van der Waals surface area contributed by atoms with Crippen LogP contribution in [0, 0.1) is 6.92 Å². The van der Waals surface area contributed by atoms with E-state index in [4.69, 9.17) is 0 Å². The Hall–Kier alpha value is -2.32. The van der Waals surface area contributed by atoms with Crippen molar-refractivity contribution in [3.63, 3.8) is 0 Å². The Morgan fingerprint density at radius 2 is 1.48 bits per heavy atom. The smallest absolute Gasteiger partial charge is 0.0590 e. The molecular weight excluding hydrogens is 346 g/mol. The zero-order valence-corrected chi connectivity index (χ0v) is 16.6. The van der Waals surface area contributed by atoms with E-state index in [-0.39, 0.29) is 0 Å². The number of rotatable bonds is 3. The Bertz CT molecular complexity index is 1080. The predicted molar refractivity (Wildman–Crippen MR) is 120 cm³/mol. The molecule has 0 bridgehead atoms. The first kappa shape index (κ1) is 16.8. The molecule has 2 heteroatoms. The van der Waals surface area contributed by atoms with Gasteiger partial charge in [0.1, 0.15) is 0 Å². The molecule has 3 aromatic carbocycles. The molecule has 5 rings (SSSR count). The van der Waals surface area contributed by atoms with Crippen molar-refractivity contribution in [1.29, 1.82) is 0 Å². The Balaban J connectivity index is 1.47. The van der Waals surface area contributed by atoms with Crippen LogP contribution < -0.4 is 5.32 Å². The van der Waals surface area contributed by atoms with Gasteiger partial charge in [0, 0.05) is 21.2 Å². The first-order valence-electron chi connectivity index (χ1n) is 10.1. The average molecular weight is 372 g/mol. The van der Waals surface area contributed by atoms with Crippen LogP contribution in [0.2, 0.25) is 0 Å². The first-order chi connectivity index (χ1) is 13.3. The van der Waals surface area contributed by atoms with Gasteiger partial charge in [-0.25, -0.2) is 0 Å². The summed E-state index contributed by atoms with van der Waals surface area (Å²) >= 11 is 1.90. The number of benzene rings is 3. The molecule has 1 heterocycles. The number of nitrogens with one attached hydrogen (secondary N) is 1. The van der Waals surface area contributed by atoms with Gasteiger partial charge in [-0.2, -0.15) is 0 Å². The van der Waals surface area contributed by atoms with Crippen LogP contribution in [0.4, 0.5) is 11.4 Å². The fourth-order valence-electron chi connectivity index (χ4n) is 4.49. The lowest BCUT2D eigenvalue weighted by atomic mass is 9.84. The van der Waals surface area contributed by atoms with Gasteiger partial charge >= 0.3 is 0 Å². The molecular formula is C25H25NS. The minimum atomic E-state index is 0.766. The molecule has 1 fully saturated rings. The summed E-state index contributed by atoms with van der Waals surface area (Å²) in [4.78, 5) is 0. The predicted octanol–water partition coefficient (Wildman–Crippen LogP) is 8.15.